The van der Waals surface area contributed by atoms with Crippen molar-refractivity contribution in [3.8, 4) is 11.4 Å². The van der Waals surface area contributed by atoms with Crippen molar-refractivity contribution in [2.75, 3.05) is 12.3 Å². The molecule has 3 rings (SSSR count). The van der Waals surface area contributed by atoms with Gasteiger partial charge in [0.25, 0.3) is 17.4 Å². The van der Waals surface area contributed by atoms with Gasteiger partial charge in [-0.3, -0.25) is 24.3 Å². The lowest BCUT2D eigenvalue weighted by atomic mass is 9.99. The quantitative estimate of drug-likeness (QED) is 0.814. The second-order valence-corrected chi connectivity index (χ2v) is 7.21. The van der Waals surface area contributed by atoms with Crippen LogP contribution >= 0.6 is 0 Å². The summed E-state index contributed by atoms with van der Waals surface area (Å²) in [4.78, 5) is 36.2. The van der Waals surface area contributed by atoms with E-state index in [0.717, 1.165) is 16.7 Å². The Bertz CT molecular complexity index is 989. The van der Waals surface area contributed by atoms with Crippen LogP contribution in [0.15, 0.2) is 29.1 Å². The summed E-state index contributed by atoms with van der Waals surface area (Å²) in [6.07, 6.45) is 0. The predicted molar refractivity (Wildman–Crippen MR) is 93.2 cm³/mol. The van der Waals surface area contributed by atoms with Crippen molar-refractivity contribution in [3.05, 3.63) is 51.6 Å². The smallest absolute Gasteiger partial charge is 0.262 e. The number of aromatic nitrogens is 1. The first kappa shape index (κ1) is 17.7. The second-order valence-electron chi connectivity index (χ2n) is 7.21. The van der Waals surface area contributed by atoms with Crippen LogP contribution in [0, 0.1) is 11.2 Å². The van der Waals surface area contributed by atoms with E-state index in [1.54, 1.807) is 0 Å². The molecule has 2 aromatic rings. The van der Waals surface area contributed by atoms with Crippen molar-refractivity contribution >= 4 is 17.6 Å². The number of halogens is 1. The topological polar surface area (TPSA) is 103 Å². The van der Waals surface area contributed by atoms with Crippen molar-refractivity contribution in [1.82, 2.24) is 9.88 Å². The van der Waals surface area contributed by atoms with Gasteiger partial charge in [-0.05, 0) is 17.5 Å². The fraction of sp³-hybridized carbons (Fsp3) is 0.278. The average molecular weight is 359 g/mol. The van der Waals surface area contributed by atoms with E-state index in [2.05, 4.69) is 5.32 Å². The number of nitrogens with zero attached hydrogens (tertiary/aromatic N) is 1. The number of benzene rings is 1. The Labute approximate surface area is 148 Å². The van der Waals surface area contributed by atoms with E-state index in [4.69, 9.17) is 10.5 Å². The van der Waals surface area contributed by atoms with Gasteiger partial charge in [0.05, 0.1) is 17.7 Å². The highest BCUT2D eigenvalue weighted by Gasteiger charge is 2.33. The summed E-state index contributed by atoms with van der Waals surface area (Å²) in [6, 6.07) is 5.08. The van der Waals surface area contributed by atoms with E-state index in [1.807, 2.05) is 20.8 Å². The Hall–Kier alpha value is -3.16. The third-order valence-electron chi connectivity index (χ3n) is 3.79. The van der Waals surface area contributed by atoms with Gasteiger partial charge in [-0.25, -0.2) is 4.39 Å². The molecule has 0 saturated carbocycles. The minimum atomic E-state index is -0.741. The fourth-order valence-corrected chi connectivity index (χ4v) is 2.63. The lowest BCUT2D eigenvalue weighted by Gasteiger charge is -2.21. The molecule has 1 aliphatic rings. The molecule has 2 amide bonds. The van der Waals surface area contributed by atoms with Crippen molar-refractivity contribution < 1.29 is 18.7 Å². The van der Waals surface area contributed by atoms with Crippen molar-refractivity contribution in [2.45, 2.75) is 20.8 Å². The molecule has 1 aromatic carbocycles. The first-order valence-corrected chi connectivity index (χ1v) is 7.93. The molecule has 0 aliphatic carbocycles. The largest absolute Gasteiger partial charge is 0.491 e. The summed E-state index contributed by atoms with van der Waals surface area (Å²) in [7, 11) is 0. The number of fused-ring (bicyclic) bond motifs is 1. The summed E-state index contributed by atoms with van der Waals surface area (Å²) in [5.41, 5.74) is 4.55. The van der Waals surface area contributed by atoms with E-state index in [-0.39, 0.29) is 40.4 Å². The molecule has 8 heteroatoms. The van der Waals surface area contributed by atoms with Crippen LogP contribution in [0.1, 0.15) is 41.5 Å². The highest BCUT2D eigenvalue weighted by Crippen LogP contribution is 2.31. The first-order chi connectivity index (χ1) is 12.1. The molecule has 0 bridgehead atoms. The highest BCUT2D eigenvalue weighted by atomic mass is 19.1. The number of anilines is 1. The van der Waals surface area contributed by atoms with E-state index in [9.17, 15) is 18.8 Å². The van der Waals surface area contributed by atoms with Crippen molar-refractivity contribution in [3.63, 3.8) is 0 Å². The van der Waals surface area contributed by atoms with Crippen LogP contribution in [-0.2, 0) is 0 Å². The molecule has 0 saturated heterocycles. The number of carbonyl (C=O) groups is 2. The number of nitrogen functional groups attached to an aromatic ring is 1. The zero-order valence-electron chi connectivity index (χ0n) is 14.6. The number of carbonyl (C=O) groups excluding carboxylic acids is 2. The van der Waals surface area contributed by atoms with Gasteiger partial charge in [-0.2, -0.15) is 0 Å². The molecular weight excluding hydrogens is 341 g/mol. The van der Waals surface area contributed by atoms with E-state index >= 15 is 0 Å². The SMILES string of the molecule is CC(C)(C)COc1cccc(F)c1-n1c(N)c2c(cc1=O)C(=O)NC2=O. The minimum Gasteiger partial charge on any atom is -0.491 e. The summed E-state index contributed by atoms with van der Waals surface area (Å²) in [5.74, 6) is -2.39. The molecule has 0 spiro atoms. The Morgan fingerprint density at radius 2 is 1.88 bits per heavy atom. The van der Waals surface area contributed by atoms with Gasteiger partial charge >= 0.3 is 0 Å². The number of pyridine rings is 1. The normalized spacial score (nSPS) is 13.5. The number of hydrogen-bond acceptors (Lipinski definition) is 5. The Balaban J connectivity index is 2.23. The van der Waals surface area contributed by atoms with Crippen LogP contribution in [0.5, 0.6) is 5.75 Å². The fourth-order valence-electron chi connectivity index (χ4n) is 2.63. The summed E-state index contributed by atoms with van der Waals surface area (Å²) in [5, 5.41) is 2.07. The number of amides is 2. The molecule has 0 unspecified atom stereocenters. The Morgan fingerprint density at radius 3 is 2.54 bits per heavy atom. The molecule has 1 aromatic heterocycles. The zero-order chi connectivity index (χ0) is 19.2. The van der Waals surface area contributed by atoms with Gasteiger partial charge in [-0.15, -0.1) is 0 Å². The van der Waals surface area contributed by atoms with Gasteiger partial charge in [-0.1, -0.05) is 26.8 Å². The van der Waals surface area contributed by atoms with E-state index < -0.39 is 23.2 Å². The van der Waals surface area contributed by atoms with Crippen LogP contribution in [0.4, 0.5) is 10.2 Å². The number of nitrogens with two attached hydrogens (primary N) is 1. The predicted octanol–water partition coefficient (Wildman–Crippen LogP) is 1.87. The van der Waals surface area contributed by atoms with Gasteiger partial charge < -0.3 is 10.5 Å². The average Bonchev–Trinajstić information content (AvgIpc) is 2.80. The van der Waals surface area contributed by atoms with Crippen LogP contribution in [-0.4, -0.2) is 23.0 Å². The molecule has 1 aliphatic heterocycles. The number of para-hydroxylation sites is 1. The molecule has 3 N–H and O–H groups in total. The molecular formula is C18H18FN3O4. The van der Waals surface area contributed by atoms with Crippen LogP contribution in [0.2, 0.25) is 0 Å². The standard InChI is InChI=1S/C18H18FN3O4/c1-18(2,3)8-26-11-6-4-5-10(19)14(11)22-12(23)7-9-13(15(22)20)17(25)21-16(9)24/h4-7H,8,20H2,1-3H3,(H,21,24,25). The minimum absolute atomic E-state index is 0.110. The molecule has 7 nitrogen and oxygen atoms in total. The number of hydrogen-bond donors (Lipinski definition) is 2. The van der Waals surface area contributed by atoms with Crippen LogP contribution in [0.25, 0.3) is 5.69 Å². The third-order valence-corrected chi connectivity index (χ3v) is 3.79. The third kappa shape index (κ3) is 2.94. The van der Waals surface area contributed by atoms with E-state index in [1.165, 1.54) is 12.1 Å². The maximum atomic E-state index is 14.6. The Kier molecular flexibility index (Phi) is 4.06. The van der Waals surface area contributed by atoms with Crippen LogP contribution in [0.3, 0.4) is 0 Å². The summed E-state index contributed by atoms with van der Waals surface area (Å²) >= 11 is 0. The number of imide groups is 1. The lowest BCUT2D eigenvalue weighted by Crippen LogP contribution is -2.26. The number of ether oxygens (including phenoxy) is 1. The Morgan fingerprint density at radius 1 is 1.19 bits per heavy atom. The van der Waals surface area contributed by atoms with E-state index in [0.29, 0.717) is 0 Å². The molecule has 0 fully saturated rings. The maximum Gasteiger partial charge on any atom is 0.262 e. The zero-order valence-corrected chi connectivity index (χ0v) is 14.6. The molecule has 136 valence electrons. The second kappa shape index (κ2) is 5.98. The van der Waals surface area contributed by atoms with Crippen molar-refractivity contribution in [2.24, 2.45) is 5.41 Å². The van der Waals surface area contributed by atoms with Gasteiger partial charge in [0.15, 0.2) is 5.82 Å². The summed E-state index contributed by atoms with van der Waals surface area (Å²) < 4.78 is 21.1. The summed E-state index contributed by atoms with van der Waals surface area (Å²) in [6.45, 7) is 6.09. The van der Waals surface area contributed by atoms with Crippen LogP contribution < -0.4 is 21.3 Å². The number of nitrogens with one attached hydrogen (secondary N) is 1. The number of rotatable bonds is 3. The highest BCUT2D eigenvalue weighted by molar-refractivity contribution is 6.23. The van der Waals surface area contributed by atoms with Gasteiger partial charge in [0, 0.05) is 6.07 Å². The van der Waals surface area contributed by atoms with Gasteiger partial charge in [0.2, 0.25) is 0 Å². The molecule has 2 heterocycles. The maximum absolute atomic E-state index is 14.6. The molecule has 26 heavy (non-hydrogen) atoms. The lowest BCUT2D eigenvalue weighted by molar-refractivity contribution is 0.0880. The molecule has 0 atom stereocenters. The first-order valence-electron chi connectivity index (χ1n) is 7.93. The van der Waals surface area contributed by atoms with Gasteiger partial charge in [0.1, 0.15) is 17.3 Å². The molecule has 0 radical (unpaired) electrons. The monoisotopic (exact) mass is 359 g/mol. The van der Waals surface area contributed by atoms with Crippen molar-refractivity contribution in [1.29, 1.82) is 0 Å².